The maximum atomic E-state index is 13.7. The fourth-order valence-electron chi connectivity index (χ4n) is 1.82. The first-order valence-corrected chi connectivity index (χ1v) is 7.57. The van der Waals surface area contributed by atoms with Crippen LogP contribution in [0.15, 0.2) is 51.4 Å². The van der Waals surface area contributed by atoms with Crippen LogP contribution >= 0.6 is 31.9 Å². The first-order chi connectivity index (χ1) is 9.06. The van der Waals surface area contributed by atoms with Crippen molar-refractivity contribution in [3.05, 3.63) is 68.4 Å². The minimum absolute atomic E-state index is 0.167. The van der Waals surface area contributed by atoms with E-state index < -0.39 is 0 Å². The van der Waals surface area contributed by atoms with Gasteiger partial charge in [0.15, 0.2) is 0 Å². The third-order valence-electron chi connectivity index (χ3n) is 2.96. The van der Waals surface area contributed by atoms with E-state index in [0.717, 1.165) is 8.95 Å². The van der Waals surface area contributed by atoms with E-state index in [2.05, 4.69) is 56.2 Å². The lowest BCUT2D eigenvalue weighted by Crippen LogP contribution is -2.18. The number of benzene rings is 2. The van der Waals surface area contributed by atoms with Gasteiger partial charge in [0.25, 0.3) is 0 Å². The molecule has 2 aromatic carbocycles. The molecule has 0 fully saturated rings. The molecule has 4 heteroatoms. The molecule has 1 N–H and O–H groups in total. The second-order valence-corrected chi connectivity index (χ2v) is 6.22. The van der Waals surface area contributed by atoms with E-state index >= 15 is 0 Å². The predicted molar refractivity (Wildman–Crippen MR) is 83.5 cm³/mol. The molecule has 2 aromatic rings. The Balaban J connectivity index is 2.02. The molecule has 1 atom stereocenters. The van der Waals surface area contributed by atoms with E-state index in [4.69, 9.17) is 0 Å². The van der Waals surface area contributed by atoms with Crippen LogP contribution in [-0.2, 0) is 6.54 Å². The van der Waals surface area contributed by atoms with Crippen molar-refractivity contribution in [2.45, 2.75) is 19.5 Å². The second-order valence-electron chi connectivity index (χ2n) is 4.39. The van der Waals surface area contributed by atoms with Crippen molar-refractivity contribution in [2.24, 2.45) is 0 Å². The molecular weight excluding hydrogens is 373 g/mol. The van der Waals surface area contributed by atoms with Gasteiger partial charge in [-0.3, -0.25) is 0 Å². The van der Waals surface area contributed by atoms with Crippen LogP contribution in [0.1, 0.15) is 24.1 Å². The summed E-state index contributed by atoms with van der Waals surface area (Å²) in [5.74, 6) is -0.191. The Morgan fingerprint density at radius 2 is 1.84 bits per heavy atom. The number of halogens is 3. The summed E-state index contributed by atoms with van der Waals surface area (Å²) in [5.41, 5.74) is 1.84. The van der Waals surface area contributed by atoms with Crippen LogP contribution in [0.25, 0.3) is 0 Å². The van der Waals surface area contributed by atoms with Crippen molar-refractivity contribution in [3.63, 3.8) is 0 Å². The van der Waals surface area contributed by atoms with Gasteiger partial charge in [0, 0.05) is 27.1 Å². The average Bonchev–Trinajstić information content (AvgIpc) is 2.37. The summed E-state index contributed by atoms with van der Waals surface area (Å²) in [7, 11) is 0. The fourth-order valence-corrected chi connectivity index (χ4v) is 2.57. The molecule has 2 rings (SSSR count). The molecule has 0 aliphatic rings. The Morgan fingerprint density at radius 1 is 1.11 bits per heavy atom. The zero-order valence-corrected chi connectivity index (χ0v) is 13.6. The largest absolute Gasteiger partial charge is 0.306 e. The molecule has 19 heavy (non-hydrogen) atoms. The third kappa shape index (κ3) is 4.13. The molecule has 0 radical (unpaired) electrons. The Labute approximate surface area is 129 Å². The van der Waals surface area contributed by atoms with Gasteiger partial charge in [-0.2, -0.15) is 0 Å². The lowest BCUT2D eigenvalue weighted by atomic mass is 10.1. The molecule has 1 unspecified atom stereocenters. The van der Waals surface area contributed by atoms with Gasteiger partial charge in [-0.05, 0) is 36.8 Å². The SMILES string of the molecule is CC(NCc1ccc(Br)cc1F)c1cccc(Br)c1. The van der Waals surface area contributed by atoms with Gasteiger partial charge in [0.05, 0.1) is 0 Å². The summed E-state index contributed by atoms with van der Waals surface area (Å²) >= 11 is 6.71. The lowest BCUT2D eigenvalue weighted by molar-refractivity contribution is 0.544. The minimum atomic E-state index is -0.191. The Kier molecular flexibility index (Phi) is 5.13. The summed E-state index contributed by atoms with van der Waals surface area (Å²) in [4.78, 5) is 0. The number of hydrogen-bond donors (Lipinski definition) is 1. The normalized spacial score (nSPS) is 12.4. The van der Waals surface area contributed by atoms with E-state index in [0.29, 0.717) is 12.1 Å². The number of nitrogens with one attached hydrogen (secondary N) is 1. The molecule has 100 valence electrons. The van der Waals surface area contributed by atoms with E-state index in [1.165, 1.54) is 11.6 Å². The zero-order valence-electron chi connectivity index (χ0n) is 10.5. The van der Waals surface area contributed by atoms with Crippen molar-refractivity contribution < 1.29 is 4.39 Å². The van der Waals surface area contributed by atoms with Crippen LogP contribution in [-0.4, -0.2) is 0 Å². The highest BCUT2D eigenvalue weighted by atomic mass is 79.9. The molecule has 0 aliphatic carbocycles. The monoisotopic (exact) mass is 385 g/mol. The Hall–Kier alpha value is -0.710. The average molecular weight is 387 g/mol. The highest BCUT2D eigenvalue weighted by Crippen LogP contribution is 2.19. The molecule has 0 saturated heterocycles. The second kappa shape index (κ2) is 6.64. The van der Waals surface area contributed by atoms with Crippen LogP contribution in [0.2, 0.25) is 0 Å². The molecule has 0 saturated carbocycles. The first kappa shape index (κ1) is 14.7. The van der Waals surface area contributed by atoms with E-state index in [1.54, 1.807) is 6.07 Å². The van der Waals surface area contributed by atoms with Crippen molar-refractivity contribution in [3.8, 4) is 0 Å². The lowest BCUT2D eigenvalue weighted by Gasteiger charge is -2.15. The first-order valence-electron chi connectivity index (χ1n) is 5.99. The molecule has 0 amide bonds. The van der Waals surface area contributed by atoms with E-state index in [9.17, 15) is 4.39 Å². The summed E-state index contributed by atoms with van der Waals surface area (Å²) in [6.45, 7) is 2.57. The third-order valence-corrected chi connectivity index (χ3v) is 3.95. The molecule has 0 aromatic heterocycles. The van der Waals surface area contributed by atoms with Crippen molar-refractivity contribution in [1.82, 2.24) is 5.32 Å². The van der Waals surface area contributed by atoms with E-state index in [1.807, 2.05) is 18.2 Å². The molecule has 0 heterocycles. The van der Waals surface area contributed by atoms with Crippen LogP contribution in [0.4, 0.5) is 4.39 Å². The maximum Gasteiger partial charge on any atom is 0.128 e. The molecule has 1 nitrogen and oxygen atoms in total. The molecule has 0 spiro atoms. The molecular formula is C15H14Br2FN. The summed E-state index contributed by atoms with van der Waals surface area (Å²) in [6, 6.07) is 13.4. The fraction of sp³-hybridized carbons (Fsp3) is 0.200. The van der Waals surface area contributed by atoms with Gasteiger partial charge in [0.2, 0.25) is 0 Å². The van der Waals surface area contributed by atoms with Crippen LogP contribution in [0.5, 0.6) is 0 Å². The van der Waals surface area contributed by atoms with Crippen molar-refractivity contribution in [2.75, 3.05) is 0 Å². The smallest absolute Gasteiger partial charge is 0.128 e. The summed E-state index contributed by atoms with van der Waals surface area (Å²) in [6.07, 6.45) is 0. The standard InChI is InChI=1S/C15H14Br2FN/c1-10(11-3-2-4-13(16)7-11)19-9-12-5-6-14(17)8-15(12)18/h2-8,10,19H,9H2,1H3. The van der Waals surface area contributed by atoms with Gasteiger partial charge >= 0.3 is 0 Å². The van der Waals surface area contributed by atoms with Gasteiger partial charge in [-0.25, -0.2) is 4.39 Å². The molecule has 0 bridgehead atoms. The minimum Gasteiger partial charge on any atom is -0.306 e. The van der Waals surface area contributed by atoms with Gasteiger partial charge in [0.1, 0.15) is 5.82 Å². The van der Waals surface area contributed by atoms with Gasteiger partial charge < -0.3 is 5.32 Å². The number of rotatable bonds is 4. The number of hydrogen-bond acceptors (Lipinski definition) is 1. The van der Waals surface area contributed by atoms with Crippen molar-refractivity contribution >= 4 is 31.9 Å². The zero-order chi connectivity index (χ0) is 13.8. The Morgan fingerprint density at radius 3 is 2.53 bits per heavy atom. The van der Waals surface area contributed by atoms with Gasteiger partial charge in [-0.1, -0.05) is 50.1 Å². The highest BCUT2D eigenvalue weighted by molar-refractivity contribution is 9.10. The van der Waals surface area contributed by atoms with Gasteiger partial charge in [-0.15, -0.1) is 0 Å². The predicted octanol–water partition coefficient (Wildman–Crippen LogP) is 5.20. The van der Waals surface area contributed by atoms with Crippen LogP contribution in [0.3, 0.4) is 0 Å². The summed E-state index contributed by atoms with van der Waals surface area (Å²) in [5, 5.41) is 3.33. The topological polar surface area (TPSA) is 12.0 Å². The Bertz CT molecular complexity index is 572. The van der Waals surface area contributed by atoms with Crippen molar-refractivity contribution in [1.29, 1.82) is 0 Å². The maximum absolute atomic E-state index is 13.7. The highest BCUT2D eigenvalue weighted by Gasteiger charge is 2.07. The van der Waals surface area contributed by atoms with Crippen LogP contribution in [0, 0.1) is 5.82 Å². The quantitative estimate of drug-likeness (QED) is 0.761. The summed E-state index contributed by atoms with van der Waals surface area (Å²) < 4.78 is 15.5. The molecule has 0 aliphatic heterocycles. The van der Waals surface area contributed by atoms with E-state index in [-0.39, 0.29) is 11.9 Å². The van der Waals surface area contributed by atoms with Crippen LogP contribution < -0.4 is 5.32 Å².